The molecule has 1 aromatic carbocycles. The lowest BCUT2D eigenvalue weighted by molar-refractivity contribution is -0.112. The second-order valence-electron chi connectivity index (χ2n) is 4.90. The topological polar surface area (TPSA) is 56.1 Å². The van der Waals surface area contributed by atoms with Crippen molar-refractivity contribution in [2.24, 2.45) is 0 Å². The Bertz CT molecular complexity index is 575. The van der Waals surface area contributed by atoms with Crippen LogP contribution in [0, 0.1) is 21.8 Å². The first-order valence-electron chi connectivity index (χ1n) is 6.87. The Morgan fingerprint density at radius 3 is 2.81 bits per heavy atom. The van der Waals surface area contributed by atoms with Gasteiger partial charge >= 0.3 is 0 Å². The summed E-state index contributed by atoms with van der Waals surface area (Å²) in [6.45, 7) is 4.87. The minimum atomic E-state index is -0.370. The smallest absolute Gasteiger partial charge is 0.267 e. The molecule has 0 spiro atoms. The molecule has 4 nitrogen and oxygen atoms in total. The molecule has 1 amide bonds. The summed E-state index contributed by atoms with van der Waals surface area (Å²) in [5, 5.41) is 11.9. The van der Waals surface area contributed by atoms with Gasteiger partial charge in [0.15, 0.2) is 0 Å². The van der Waals surface area contributed by atoms with Crippen LogP contribution in [0.25, 0.3) is 0 Å². The molecular weight excluding hydrogens is 377 g/mol. The third-order valence-corrected chi connectivity index (χ3v) is 3.69. The lowest BCUT2D eigenvalue weighted by Gasteiger charge is -2.14. The van der Waals surface area contributed by atoms with E-state index < -0.39 is 0 Å². The van der Waals surface area contributed by atoms with E-state index in [-0.39, 0.29) is 11.5 Å². The largest absolute Gasteiger partial charge is 0.379 e. The molecule has 0 saturated heterocycles. The molecule has 0 saturated carbocycles. The van der Waals surface area contributed by atoms with Crippen LogP contribution in [0.5, 0.6) is 0 Å². The number of carbonyl (C=O) groups excluding carboxylic acids is 1. The lowest BCUT2D eigenvalue weighted by atomic mass is 10.2. The van der Waals surface area contributed by atoms with Gasteiger partial charge in [0.25, 0.3) is 5.91 Å². The van der Waals surface area contributed by atoms with Crippen LogP contribution in [0.1, 0.15) is 25.3 Å². The SMILES string of the molecule is CCCCN(C)/C=C(/C#N)C(=O)Nc1ccc(I)cc1C. The monoisotopic (exact) mass is 397 g/mol. The van der Waals surface area contributed by atoms with Crippen molar-refractivity contribution in [1.29, 1.82) is 5.26 Å². The fraction of sp³-hybridized carbons (Fsp3) is 0.375. The van der Waals surface area contributed by atoms with Gasteiger partial charge in [-0.2, -0.15) is 5.26 Å². The van der Waals surface area contributed by atoms with E-state index in [1.54, 1.807) is 6.20 Å². The number of nitrogens with zero attached hydrogens (tertiary/aromatic N) is 2. The molecule has 112 valence electrons. The van der Waals surface area contributed by atoms with Gasteiger partial charge in [-0.3, -0.25) is 4.79 Å². The zero-order valence-corrected chi connectivity index (χ0v) is 14.8. The summed E-state index contributed by atoms with van der Waals surface area (Å²) in [7, 11) is 1.87. The highest BCUT2D eigenvalue weighted by Gasteiger charge is 2.11. The third kappa shape index (κ3) is 5.76. The summed E-state index contributed by atoms with van der Waals surface area (Å²) in [6, 6.07) is 7.73. The van der Waals surface area contributed by atoms with Gasteiger partial charge in [0.2, 0.25) is 0 Å². The number of hydrogen-bond donors (Lipinski definition) is 1. The summed E-state index contributed by atoms with van der Waals surface area (Å²) in [5.41, 5.74) is 1.83. The van der Waals surface area contributed by atoms with Gasteiger partial charge < -0.3 is 10.2 Å². The van der Waals surface area contributed by atoms with Crippen LogP contribution in [-0.2, 0) is 4.79 Å². The highest BCUT2D eigenvalue weighted by molar-refractivity contribution is 14.1. The number of anilines is 1. The van der Waals surface area contributed by atoms with E-state index in [9.17, 15) is 4.79 Å². The maximum absolute atomic E-state index is 12.2. The molecule has 0 aliphatic carbocycles. The predicted molar refractivity (Wildman–Crippen MR) is 93.8 cm³/mol. The molecule has 0 unspecified atom stereocenters. The summed E-state index contributed by atoms with van der Waals surface area (Å²) < 4.78 is 1.11. The molecular formula is C16H20IN3O. The Morgan fingerprint density at radius 1 is 1.52 bits per heavy atom. The minimum Gasteiger partial charge on any atom is -0.379 e. The molecule has 0 atom stereocenters. The molecule has 0 aliphatic heterocycles. The number of amides is 1. The Morgan fingerprint density at radius 2 is 2.24 bits per heavy atom. The van der Waals surface area contributed by atoms with E-state index in [0.717, 1.165) is 34.2 Å². The van der Waals surface area contributed by atoms with Crippen LogP contribution in [0.3, 0.4) is 0 Å². The van der Waals surface area contributed by atoms with Gasteiger partial charge in [0, 0.05) is 29.0 Å². The molecule has 0 radical (unpaired) electrons. The average Bonchev–Trinajstić information content (AvgIpc) is 2.45. The Labute approximate surface area is 140 Å². The summed E-state index contributed by atoms with van der Waals surface area (Å²) in [4.78, 5) is 14.0. The highest BCUT2D eigenvalue weighted by Crippen LogP contribution is 2.18. The standard InChI is InChI=1S/C16H20IN3O/c1-4-5-8-20(3)11-13(10-18)16(21)19-15-7-6-14(17)9-12(15)2/h6-7,9,11H,4-5,8H2,1-3H3,(H,19,21)/b13-11-. The second-order valence-corrected chi connectivity index (χ2v) is 6.15. The number of hydrogen-bond acceptors (Lipinski definition) is 3. The zero-order chi connectivity index (χ0) is 15.8. The van der Waals surface area contributed by atoms with Gasteiger partial charge in [-0.25, -0.2) is 0 Å². The predicted octanol–water partition coefficient (Wildman–Crippen LogP) is 3.68. The molecule has 0 aromatic heterocycles. The molecule has 21 heavy (non-hydrogen) atoms. The number of benzene rings is 1. The van der Waals surface area contributed by atoms with Crippen LogP contribution in [0.4, 0.5) is 5.69 Å². The number of halogens is 1. The van der Waals surface area contributed by atoms with Crippen molar-refractivity contribution in [3.8, 4) is 6.07 Å². The molecule has 1 rings (SSSR count). The summed E-state index contributed by atoms with van der Waals surface area (Å²) in [6.07, 6.45) is 3.71. The second kappa shape index (κ2) is 8.67. The van der Waals surface area contributed by atoms with Crippen molar-refractivity contribution in [1.82, 2.24) is 4.90 Å². The van der Waals surface area contributed by atoms with E-state index >= 15 is 0 Å². The van der Waals surface area contributed by atoms with E-state index in [4.69, 9.17) is 5.26 Å². The quantitative estimate of drug-likeness (QED) is 0.453. The van der Waals surface area contributed by atoms with E-state index in [1.807, 2.05) is 43.1 Å². The number of nitrogens with one attached hydrogen (secondary N) is 1. The van der Waals surface area contributed by atoms with Gasteiger partial charge in [-0.1, -0.05) is 13.3 Å². The number of nitriles is 1. The van der Waals surface area contributed by atoms with Crippen LogP contribution >= 0.6 is 22.6 Å². The summed E-state index contributed by atoms with van der Waals surface area (Å²) >= 11 is 2.22. The van der Waals surface area contributed by atoms with Crippen molar-refractivity contribution in [2.75, 3.05) is 18.9 Å². The average molecular weight is 397 g/mol. The van der Waals surface area contributed by atoms with E-state index in [1.165, 1.54) is 0 Å². The van der Waals surface area contributed by atoms with Gasteiger partial charge in [-0.05, 0) is 59.7 Å². The van der Waals surface area contributed by atoms with Crippen LogP contribution in [-0.4, -0.2) is 24.4 Å². The number of aryl methyl sites for hydroxylation is 1. The minimum absolute atomic E-state index is 0.117. The first kappa shape index (κ1) is 17.5. The molecule has 5 heteroatoms. The van der Waals surface area contributed by atoms with Crippen molar-refractivity contribution in [3.63, 3.8) is 0 Å². The van der Waals surface area contributed by atoms with Crippen LogP contribution < -0.4 is 5.32 Å². The fourth-order valence-corrected chi connectivity index (χ4v) is 2.43. The van der Waals surface area contributed by atoms with E-state index in [2.05, 4.69) is 34.8 Å². The van der Waals surface area contributed by atoms with Crippen molar-refractivity contribution < 1.29 is 4.79 Å². The molecule has 0 aliphatic rings. The molecule has 0 fully saturated rings. The Hall–Kier alpha value is -1.55. The van der Waals surface area contributed by atoms with Crippen molar-refractivity contribution in [2.45, 2.75) is 26.7 Å². The molecule has 0 bridgehead atoms. The maximum Gasteiger partial charge on any atom is 0.267 e. The lowest BCUT2D eigenvalue weighted by Crippen LogP contribution is -2.19. The highest BCUT2D eigenvalue weighted by atomic mass is 127. The maximum atomic E-state index is 12.2. The third-order valence-electron chi connectivity index (χ3n) is 3.02. The first-order valence-corrected chi connectivity index (χ1v) is 7.95. The molecule has 1 N–H and O–H groups in total. The van der Waals surface area contributed by atoms with E-state index in [0.29, 0.717) is 0 Å². The van der Waals surface area contributed by atoms with Crippen LogP contribution in [0.15, 0.2) is 30.0 Å². The number of unbranched alkanes of at least 4 members (excludes halogenated alkanes) is 1. The van der Waals surface area contributed by atoms with Crippen LogP contribution in [0.2, 0.25) is 0 Å². The first-order chi connectivity index (χ1) is 9.97. The Kier molecular flexibility index (Phi) is 7.23. The van der Waals surface area contributed by atoms with Gasteiger partial charge in [-0.15, -0.1) is 0 Å². The number of rotatable bonds is 6. The molecule has 1 aromatic rings. The van der Waals surface area contributed by atoms with Gasteiger partial charge in [0.1, 0.15) is 11.6 Å². The number of carbonyl (C=O) groups is 1. The zero-order valence-electron chi connectivity index (χ0n) is 12.6. The fourth-order valence-electron chi connectivity index (χ4n) is 1.79. The van der Waals surface area contributed by atoms with Crippen molar-refractivity contribution >= 4 is 34.2 Å². The van der Waals surface area contributed by atoms with Gasteiger partial charge in [0.05, 0.1) is 0 Å². The molecule has 0 heterocycles. The van der Waals surface area contributed by atoms with Crippen molar-refractivity contribution in [3.05, 3.63) is 39.1 Å². The Balaban J connectivity index is 2.80. The summed E-state index contributed by atoms with van der Waals surface area (Å²) in [5.74, 6) is -0.370. The normalized spacial score (nSPS) is 10.9.